The summed E-state index contributed by atoms with van der Waals surface area (Å²) >= 11 is 5.78. The lowest BCUT2D eigenvalue weighted by Gasteiger charge is -2.28. The summed E-state index contributed by atoms with van der Waals surface area (Å²) in [5.41, 5.74) is -0.0344. The zero-order valence-corrected chi connectivity index (χ0v) is 13.5. The van der Waals surface area contributed by atoms with Gasteiger partial charge in [-0.1, -0.05) is 12.1 Å². The highest BCUT2D eigenvalue weighted by molar-refractivity contribution is 6.14. The van der Waals surface area contributed by atoms with Gasteiger partial charge in [-0.25, -0.2) is 13.2 Å². The maximum atomic E-state index is 14.0. The number of alkyl halides is 3. The van der Waals surface area contributed by atoms with Crippen molar-refractivity contribution in [3.63, 3.8) is 0 Å². The Morgan fingerprint density at radius 3 is 2.54 bits per heavy atom. The van der Waals surface area contributed by atoms with Gasteiger partial charge >= 0.3 is 6.18 Å². The van der Waals surface area contributed by atoms with Gasteiger partial charge < -0.3 is 4.90 Å². The van der Waals surface area contributed by atoms with Gasteiger partial charge in [0.25, 0.3) is 0 Å². The molecule has 9 heteroatoms. The third kappa shape index (κ3) is 4.36. The average Bonchev–Trinajstić information content (AvgIpc) is 2.61. The molecule has 0 aliphatic carbocycles. The molecule has 2 atom stereocenters. The predicted octanol–water partition coefficient (Wildman–Crippen LogP) is 3.69. The first-order valence-electron chi connectivity index (χ1n) is 7.28. The number of carbonyl (C=O) groups is 1. The standard InChI is InChI=1S/C15H16ClF5N2O/c1-22(16)12-6-5-9(10-3-2-4-11(17)13(10)18)7-23(14(12)24)8-15(19,20)21/h2-4,9,12H,5-8H2,1H3/t9-,12-/m1/s1. The van der Waals surface area contributed by atoms with Crippen LogP contribution in [-0.2, 0) is 4.79 Å². The Kier molecular flexibility index (Phi) is 5.70. The second-order valence-corrected chi connectivity index (χ2v) is 6.33. The fourth-order valence-electron chi connectivity index (χ4n) is 2.92. The maximum Gasteiger partial charge on any atom is 0.406 e. The number of amides is 1. The van der Waals surface area contributed by atoms with E-state index < -0.39 is 42.2 Å². The van der Waals surface area contributed by atoms with E-state index in [-0.39, 0.29) is 24.9 Å². The molecule has 0 aromatic heterocycles. The molecule has 1 aliphatic rings. The summed E-state index contributed by atoms with van der Waals surface area (Å²) in [5.74, 6) is -3.69. The molecule has 1 aliphatic heterocycles. The van der Waals surface area contributed by atoms with E-state index in [9.17, 15) is 26.7 Å². The molecule has 134 valence electrons. The number of hydrogen-bond donors (Lipinski definition) is 0. The summed E-state index contributed by atoms with van der Waals surface area (Å²) in [6, 6.07) is 2.60. The van der Waals surface area contributed by atoms with E-state index in [0.29, 0.717) is 4.90 Å². The number of rotatable bonds is 3. The molecule has 1 fully saturated rings. The van der Waals surface area contributed by atoms with Gasteiger partial charge in [0.2, 0.25) is 5.91 Å². The first kappa shape index (κ1) is 18.9. The Morgan fingerprint density at radius 1 is 1.29 bits per heavy atom. The number of carbonyl (C=O) groups excluding carboxylic acids is 1. The molecule has 24 heavy (non-hydrogen) atoms. The Bertz CT molecular complexity index is 608. The highest BCUT2D eigenvalue weighted by Gasteiger charge is 2.40. The van der Waals surface area contributed by atoms with Crippen LogP contribution in [0.4, 0.5) is 22.0 Å². The van der Waals surface area contributed by atoms with E-state index >= 15 is 0 Å². The summed E-state index contributed by atoms with van der Waals surface area (Å²) in [5, 5.41) is 0. The van der Waals surface area contributed by atoms with E-state index in [0.717, 1.165) is 10.5 Å². The summed E-state index contributed by atoms with van der Waals surface area (Å²) in [7, 11) is 1.37. The second kappa shape index (κ2) is 7.23. The van der Waals surface area contributed by atoms with Crippen LogP contribution in [0.2, 0.25) is 0 Å². The van der Waals surface area contributed by atoms with Crippen molar-refractivity contribution in [3.05, 3.63) is 35.4 Å². The molecule has 0 unspecified atom stereocenters. The molecule has 2 rings (SSSR count). The summed E-state index contributed by atoms with van der Waals surface area (Å²) in [6.45, 7) is -1.81. The van der Waals surface area contributed by atoms with Crippen molar-refractivity contribution in [2.24, 2.45) is 0 Å². The Labute approximate surface area is 141 Å². The molecule has 0 radical (unpaired) electrons. The zero-order chi connectivity index (χ0) is 18.1. The third-order valence-electron chi connectivity index (χ3n) is 4.05. The van der Waals surface area contributed by atoms with Crippen molar-refractivity contribution < 1.29 is 26.7 Å². The smallest absolute Gasteiger partial charge is 0.332 e. The fourth-order valence-corrected chi connectivity index (χ4v) is 3.10. The van der Waals surface area contributed by atoms with Gasteiger partial charge in [0.05, 0.1) is 0 Å². The van der Waals surface area contributed by atoms with Crippen LogP contribution in [-0.4, -0.2) is 47.6 Å². The predicted molar refractivity (Wildman–Crippen MR) is 78.4 cm³/mol. The lowest BCUT2D eigenvalue weighted by molar-refractivity contribution is -0.163. The molecule has 3 nitrogen and oxygen atoms in total. The van der Waals surface area contributed by atoms with Crippen molar-refractivity contribution in [2.75, 3.05) is 20.1 Å². The van der Waals surface area contributed by atoms with Gasteiger partial charge in [0.15, 0.2) is 11.6 Å². The van der Waals surface area contributed by atoms with Crippen LogP contribution in [0.1, 0.15) is 24.3 Å². The number of likely N-dealkylation sites (N-methyl/N-ethyl adjacent to an activating group) is 1. The Balaban J connectivity index is 2.35. The van der Waals surface area contributed by atoms with E-state index in [1.54, 1.807) is 0 Å². The average molecular weight is 371 g/mol. The molecule has 0 N–H and O–H groups in total. The monoisotopic (exact) mass is 370 g/mol. The van der Waals surface area contributed by atoms with Gasteiger partial charge in [-0.2, -0.15) is 13.2 Å². The van der Waals surface area contributed by atoms with E-state index in [1.165, 1.54) is 19.2 Å². The molecule has 1 heterocycles. The van der Waals surface area contributed by atoms with Crippen molar-refractivity contribution in [1.82, 2.24) is 9.32 Å². The molecule has 0 spiro atoms. The van der Waals surface area contributed by atoms with Gasteiger partial charge in [-0.05, 0) is 36.2 Å². The largest absolute Gasteiger partial charge is 0.406 e. The van der Waals surface area contributed by atoms with Crippen LogP contribution >= 0.6 is 11.8 Å². The Morgan fingerprint density at radius 2 is 1.96 bits per heavy atom. The summed E-state index contributed by atoms with van der Waals surface area (Å²) in [6.07, 6.45) is -4.24. The molecule has 0 bridgehead atoms. The van der Waals surface area contributed by atoms with Crippen LogP contribution in [0.15, 0.2) is 18.2 Å². The highest BCUT2D eigenvalue weighted by atomic mass is 35.5. The molecule has 1 aromatic carbocycles. The summed E-state index contributed by atoms with van der Waals surface area (Å²) in [4.78, 5) is 12.9. The van der Waals surface area contributed by atoms with E-state index in [1.807, 2.05) is 0 Å². The lowest BCUT2D eigenvalue weighted by Crippen LogP contribution is -2.47. The molecular weight excluding hydrogens is 355 g/mol. The number of likely N-dealkylation sites (tertiary alicyclic amines) is 1. The molecule has 1 saturated heterocycles. The van der Waals surface area contributed by atoms with Crippen LogP contribution in [0.25, 0.3) is 0 Å². The second-order valence-electron chi connectivity index (χ2n) is 5.79. The minimum atomic E-state index is -4.60. The van der Waals surface area contributed by atoms with E-state index in [2.05, 4.69) is 0 Å². The number of nitrogens with zero attached hydrogens (tertiary/aromatic N) is 2. The summed E-state index contributed by atoms with van der Waals surface area (Å²) < 4.78 is 66.8. The molecule has 0 saturated carbocycles. The van der Waals surface area contributed by atoms with Crippen LogP contribution < -0.4 is 0 Å². The fraction of sp³-hybridized carbons (Fsp3) is 0.533. The van der Waals surface area contributed by atoms with Gasteiger partial charge in [-0.15, -0.1) is 0 Å². The quantitative estimate of drug-likeness (QED) is 0.598. The maximum absolute atomic E-state index is 14.0. The minimum absolute atomic E-state index is 0.0344. The van der Waals surface area contributed by atoms with Crippen molar-refractivity contribution in [2.45, 2.75) is 31.0 Å². The SMILES string of the molecule is CN(Cl)[C@@H]1CC[C@@H](c2cccc(F)c2F)CN(CC(F)(F)F)C1=O. The van der Waals surface area contributed by atoms with Gasteiger partial charge in [0, 0.05) is 19.5 Å². The number of hydrogen-bond acceptors (Lipinski definition) is 2. The van der Waals surface area contributed by atoms with Crippen molar-refractivity contribution in [3.8, 4) is 0 Å². The Hall–Kier alpha value is -1.41. The van der Waals surface area contributed by atoms with Crippen LogP contribution in [0.3, 0.4) is 0 Å². The zero-order valence-electron chi connectivity index (χ0n) is 12.8. The molecule has 1 aromatic rings. The molecule has 1 amide bonds. The van der Waals surface area contributed by atoms with Crippen molar-refractivity contribution >= 4 is 17.7 Å². The number of benzene rings is 1. The van der Waals surface area contributed by atoms with Crippen LogP contribution in [0, 0.1) is 11.6 Å². The third-order valence-corrected chi connectivity index (χ3v) is 4.28. The number of halogens is 6. The van der Waals surface area contributed by atoms with Gasteiger partial charge in [0.1, 0.15) is 12.6 Å². The van der Waals surface area contributed by atoms with Crippen LogP contribution in [0.5, 0.6) is 0 Å². The minimum Gasteiger partial charge on any atom is -0.332 e. The van der Waals surface area contributed by atoms with Gasteiger partial charge in [-0.3, -0.25) is 4.79 Å². The molecular formula is C15H16ClF5N2O. The first-order valence-corrected chi connectivity index (χ1v) is 7.62. The van der Waals surface area contributed by atoms with E-state index in [4.69, 9.17) is 11.8 Å². The van der Waals surface area contributed by atoms with Crippen molar-refractivity contribution in [1.29, 1.82) is 0 Å². The first-order chi connectivity index (χ1) is 11.1. The topological polar surface area (TPSA) is 23.6 Å². The lowest BCUT2D eigenvalue weighted by atomic mass is 9.93. The highest BCUT2D eigenvalue weighted by Crippen LogP contribution is 2.32. The normalized spacial score (nSPS) is 22.8.